The van der Waals surface area contributed by atoms with E-state index in [4.69, 9.17) is 14.2 Å². The fraction of sp³-hybridized carbons (Fsp3) is 0.696. The van der Waals surface area contributed by atoms with Gasteiger partial charge in [-0.2, -0.15) is 0 Å². The summed E-state index contributed by atoms with van der Waals surface area (Å²) in [6.07, 6.45) is 3.42. The maximum absolute atomic E-state index is 13.6. The first-order chi connectivity index (χ1) is 15.7. The van der Waals surface area contributed by atoms with Crippen molar-refractivity contribution in [3.8, 4) is 0 Å². The molecule has 1 aliphatic carbocycles. The Morgan fingerprint density at radius 1 is 1.21 bits per heavy atom. The van der Waals surface area contributed by atoms with E-state index >= 15 is 0 Å². The molecule has 0 bridgehead atoms. The number of nitrogens with one attached hydrogen (secondary N) is 1. The zero-order valence-corrected chi connectivity index (χ0v) is 20.4. The van der Waals surface area contributed by atoms with Crippen LogP contribution in [0.3, 0.4) is 0 Å². The zero-order valence-electron chi connectivity index (χ0n) is 19.5. The van der Waals surface area contributed by atoms with Crippen molar-refractivity contribution in [2.24, 2.45) is 0 Å². The fourth-order valence-electron chi connectivity index (χ4n) is 4.94. The lowest BCUT2D eigenvalue weighted by Crippen LogP contribution is -2.51. The Hall–Kier alpha value is -1.75. The van der Waals surface area contributed by atoms with E-state index in [1.165, 1.54) is 20.3 Å². The molecule has 3 atom stereocenters. The van der Waals surface area contributed by atoms with Gasteiger partial charge in [0, 0.05) is 19.2 Å². The lowest BCUT2D eigenvalue weighted by atomic mass is 9.82. The van der Waals surface area contributed by atoms with Crippen LogP contribution in [0.25, 0.3) is 0 Å². The summed E-state index contributed by atoms with van der Waals surface area (Å²) in [6, 6.07) is 5.63. The van der Waals surface area contributed by atoms with E-state index in [1.54, 1.807) is 17.0 Å². The lowest BCUT2D eigenvalue weighted by molar-refractivity contribution is -0.00861. The first kappa shape index (κ1) is 25.9. The number of carbonyl (C=O) groups excluding carboxylic acids is 1. The van der Waals surface area contributed by atoms with Crippen LogP contribution >= 0.6 is 0 Å². The Balaban J connectivity index is 1.61. The second-order valence-electron chi connectivity index (χ2n) is 8.93. The topological polar surface area (TPSA) is 94.2 Å². The normalized spacial score (nSPS) is 28.1. The third kappa shape index (κ3) is 6.88. The molecule has 0 spiro atoms. The van der Waals surface area contributed by atoms with E-state index in [9.17, 15) is 17.6 Å². The van der Waals surface area contributed by atoms with Crippen LogP contribution in [0, 0.1) is 5.82 Å². The molecule has 1 saturated carbocycles. The van der Waals surface area contributed by atoms with Gasteiger partial charge in [-0.1, -0.05) is 12.1 Å². The maximum atomic E-state index is 13.6. The van der Waals surface area contributed by atoms with Crippen LogP contribution in [0.5, 0.6) is 0 Å². The standard InChI is InChI=1S/C23H35FN2O6S/c1-16-13-21(25-33(28,29)12-11-30-2)22(26(16)23(27)31-3)15-32-20-9-7-17(8-10-20)18-5-4-6-19(24)14-18/h4-6,14,16-17,20-22,25H,7-13,15H2,1-3H3/t16?,17?,20?,21-,22-/m0/s1. The smallest absolute Gasteiger partial charge is 0.410 e. The summed E-state index contributed by atoms with van der Waals surface area (Å²) < 4.78 is 57.2. The second kappa shape index (κ2) is 11.6. The molecule has 1 aliphatic heterocycles. The Labute approximate surface area is 195 Å². The number of likely N-dealkylation sites (tertiary alicyclic amines) is 1. The molecule has 1 heterocycles. The first-order valence-corrected chi connectivity index (χ1v) is 13.1. The molecule has 1 saturated heterocycles. The summed E-state index contributed by atoms with van der Waals surface area (Å²) in [4.78, 5) is 14.0. The number of rotatable bonds is 9. The molecule has 1 N–H and O–H groups in total. The quantitative estimate of drug-likeness (QED) is 0.577. The highest BCUT2D eigenvalue weighted by Gasteiger charge is 2.44. The number of ether oxygens (including phenoxy) is 3. The molecule has 10 heteroatoms. The average molecular weight is 487 g/mol. The molecule has 2 aliphatic rings. The summed E-state index contributed by atoms with van der Waals surface area (Å²) in [6.45, 7) is 2.18. The van der Waals surface area contributed by atoms with Crippen molar-refractivity contribution in [3.05, 3.63) is 35.6 Å². The maximum Gasteiger partial charge on any atom is 0.410 e. The highest BCUT2D eigenvalue weighted by atomic mass is 32.2. The first-order valence-electron chi connectivity index (χ1n) is 11.5. The van der Waals surface area contributed by atoms with Gasteiger partial charge in [0.1, 0.15) is 5.82 Å². The Morgan fingerprint density at radius 2 is 1.94 bits per heavy atom. The minimum Gasteiger partial charge on any atom is -0.453 e. The molecule has 1 unspecified atom stereocenters. The number of carbonyl (C=O) groups is 1. The summed E-state index contributed by atoms with van der Waals surface area (Å²) >= 11 is 0. The SMILES string of the molecule is COCCS(=O)(=O)N[C@H]1CC(C)N(C(=O)OC)[C@H]1COC1CCC(c2cccc(F)c2)CC1. The average Bonchev–Trinajstić information content (AvgIpc) is 3.10. The summed E-state index contributed by atoms with van der Waals surface area (Å²) in [5.74, 6) is -0.0633. The van der Waals surface area contributed by atoms with E-state index in [1.807, 2.05) is 13.0 Å². The van der Waals surface area contributed by atoms with Crippen LogP contribution in [-0.2, 0) is 24.2 Å². The van der Waals surface area contributed by atoms with Crippen LogP contribution in [0.4, 0.5) is 9.18 Å². The molecule has 0 radical (unpaired) electrons. The van der Waals surface area contributed by atoms with E-state index < -0.39 is 28.2 Å². The van der Waals surface area contributed by atoms with Crippen molar-refractivity contribution in [2.45, 2.75) is 69.2 Å². The number of methoxy groups -OCH3 is 2. The van der Waals surface area contributed by atoms with Gasteiger partial charge in [-0.05, 0) is 62.6 Å². The highest BCUT2D eigenvalue weighted by molar-refractivity contribution is 7.89. The van der Waals surface area contributed by atoms with Crippen molar-refractivity contribution in [1.82, 2.24) is 9.62 Å². The molecular weight excluding hydrogens is 451 g/mol. The van der Waals surface area contributed by atoms with E-state index in [2.05, 4.69) is 4.72 Å². The van der Waals surface area contributed by atoms with Gasteiger partial charge in [0.05, 0.1) is 38.2 Å². The monoisotopic (exact) mass is 486 g/mol. The number of benzene rings is 1. The molecular formula is C23H35FN2O6S. The fourth-order valence-corrected chi connectivity index (χ4v) is 6.16. The molecule has 3 rings (SSSR count). The summed E-state index contributed by atoms with van der Waals surface area (Å²) in [5, 5.41) is 0. The third-order valence-corrected chi connectivity index (χ3v) is 8.03. The minimum atomic E-state index is -3.56. The van der Waals surface area contributed by atoms with E-state index in [0.717, 1.165) is 31.2 Å². The summed E-state index contributed by atoms with van der Waals surface area (Å²) in [7, 11) is -0.798. The van der Waals surface area contributed by atoms with Crippen LogP contribution in [0.15, 0.2) is 24.3 Å². The van der Waals surface area contributed by atoms with Gasteiger partial charge < -0.3 is 14.2 Å². The van der Waals surface area contributed by atoms with Gasteiger partial charge in [0.15, 0.2) is 0 Å². The van der Waals surface area contributed by atoms with E-state index in [0.29, 0.717) is 12.3 Å². The predicted octanol–water partition coefficient (Wildman–Crippen LogP) is 3.03. The molecule has 33 heavy (non-hydrogen) atoms. The molecule has 0 aromatic heterocycles. The van der Waals surface area contributed by atoms with Crippen molar-refractivity contribution in [3.63, 3.8) is 0 Å². The van der Waals surface area contributed by atoms with Crippen LogP contribution < -0.4 is 4.72 Å². The lowest BCUT2D eigenvalue weighted by Gasteiger charge is -2.33. The zero-order chi connectivity index (χ0) is 24.0. The largest absolute Gasteiger partial charge is 0.453 e. The van der Waals surface area contributed by atoms with Crippen molar-refractivity contribution < 1.29 is 31.8 Å². The summed E-state index contributed by atoms with van der Waals surface area (Å²) in [5.41, 5.74) is 1.01. The second-order valence-corrected chi connectivity index (χ2v) is 10.8. The number of sulfonamides is 1. The molecule has 186 valence electrons. The third-order valence-electron chi connectivity index (χ3n) is 6.66. The number of halogens is 1. The van der Waals surface area contributed by atoms with Gasteiger partial charge in [-0.15, -0.1) is 0 Å². The van der Waals surface area contributed by atoms with Crippen molar-refractivity contribution >= 4 is 16.1 Å². The number of hydrogen-bond donors (Lipinski definition) is 1. The van der Waals surface area contributed by atoms with Crippen LogP contribution in [-0.4, -0.2) is 76.8 Å². The minimum absolute atomic E-state index is 0.0101. The molecule has 1 aromatic rings. The van der Waals surface area contributed by atoms with E-state index in [-0.39, 0.29) is 36.9 Å². The van der Waals surface area contributed by atoms with Crippen molar-refractivity contribution in [2.75, 3.05) is 33.2 Å². The highest BCUT2D eigenvalue weighted by Crippen LogP contribution is 2.35. The van der Waals surface area contributed by atoms with Crippen molar-refractivity contribution in [1.29, 1.82) is 0 Å². The van der Waals surface area contributed by atoms with Gasteiger partial charge in [-0.25, -0.2) is 22.3 Å². The molecule has 1 amide bonds. The van der Waals surface area contributed by atoms with Crippen LogP contribution in [0.2, 0.25) is 0 Å². The van der Waals surface area contributed by atoms with Gasteiger partial charge in [0.25, 0.3) is 0 Å². The Morgan fingerprint density at radius 3 is 2.58 bits per heavy atom. The molecule has 1 aromatic carbocycles. The van der Waals surface area contributed by atoms with Gasteiger partial charge in [0.2, 0.25) is 10.0 Å². The Bertz CT molecular complexity index is 891. The molecule has 8 nitrogen and oxygen atoms in total. The van der Waals surface area contributed by atoms with Crippen LogP contribution in [0.1, 0.15) is 50.5 Å². The number of hydrogen-bond acceptors (Lipinski definition) is 6. The predicted molar refractivity (Wildman–Crippen MR) is 122 cm³/mol. The van der Waals surface area contributed by atoms with Gasteiger partial charge >= 0.3 is 6.09 Å². The Kier molecular flexibility index (Phi) is 9.09. The van der Waals surface area contributed by atoms with Gasteiger partial charge in [-0.3, -0.25) is 4.90 Å². The number of amides is 1. The molecule has 2 fully saturated rings. The number of nitrogens with zero attached hydrogens (tertiary/aromatic N) is 1.